The Balaban J connectivity index is 2.17. The quantitative estimate of drug-likeness (QED) is 0.696. The van der Waals surface area contributed by atoms with E-state index in [4.69, 9.17) is 0 Å². The monoisotopic (exact) mass is 307 g/mol. The first-order valence-corrected chi connectivity index (χ1v) is 7.28. The largest absolute Gasteiger partial charge is 0.309 e. The van der Waals surface area contributed by atoms with E-state index < -0.39 is 23.5 Å². The fourth-order valence-corrected chi connectivity index (χ4v) is 3.45. The van der Waals surface area contributed by atoms with Crippen molar-refractivity contribution in [1.29, 1.82) is 0 Å². The van der Waals surface area contributed by atoms with Crippen molar-refractivity contribution in [3.05, 3.63) is 70.4 Å². The van der Waals surface area contributed by atoms with Crippen LogP contribution in [0.2, 0.25) is 0 Å². The zero-order valence-electron chi connectivity index (χ0n) is 11.2. The highest BCUT2D eigenvalue weighted by Gasteiger charge is 2.23. The van der Waals surface area contributed by atoms with Crippen LogP contribution in [0.3, 0.4) is 0 Å². The average Bonchev–Trinajstić information content (AvgIpc) is 2.92. The molecule has 1 heterocycles. The molecular weight excluding hydrogens is 295 g/mol. The van der Waals surface area contributed by atoms with Crippen LogP contribution < -0.4 is 5.32 Å². The molecule has 3 aromatic rings. The van der Waals surface area contributed by atoms with Crippen molar-refractivity contribution in [2.45, 2.75) is 6.04 Å². The van der Waals surface area contributed by atoms with Gasteiger partial charge in [-0.3, -0.25) is 0 Å². The molecule has 1 N–H and O–H groups in total. The van der Waals surface area contributed by atoms with Gasteiger partial charge in [-0.05, 0) is 35.5 Å². The van der Waals surface area contributed by atoms with Crippen molar-refractivity contribution in [1.82, 2.24) is 5.32 Å². The summed E-state index contributed by atoms with van der Waals surface area (Å²) in [5.41, 5.74) is 0.947. The van der Waals surface area contributed by atoms with E-state index in [1.54, 1.807) is 7.05 Å². The summed E-state index contributed by atoms with van der Waals surface area (Å²) in [6.45, 7) is 0. The topological polar surface area (TPSA) is 12.0 Å². The van der Waals surface area contributed by atoms with Crippen LogP contribution in [0.1, 0.15) is 17.2 Å². The summed E-state index contributed by atoms with van der Waals surface area (Å²) in [7, 11) is 1.66. The Labute approximate surface area is 124 Å². The lowest BCUT2D eigenvalue weighted by Crippen LogP contribution is -2.19. The molecule has 0 amide bonds. The minimum Gasteiger partial charge on any atom is -0.309 e. The highest BCUT2D eigenvalue weighted by molar-refractivity contribution is 7.17. The standard InChI is InChI=1S/C16H12F3NS/c1-20-16(10-6-7-12(17)15(19)14(10)18)11-8-21-13-5-3-2-4-9(11)13/h2-8,16,20H,1H3. The Kier molecular flexibility index (Phi) is 3.69. The lowest BCUT2D eigenvalue weighted by Gasteiger charge is -2.17. The molecule has 0 saturated carbocycles. The number of hydrogen-bond acceptors (Lipinski definition) is 2. The summed E-state index contributed by atoms with van der Waals surface area (Å²) in [6, 6.07) is 9.42. The van der Waals surface area contributed by atoms with Gasteiger partial charge in [0.25, 0.3) is 0 Å². The van der Waals surface area contributed by atoms with Gasteiger partial charge in [0.05, 0.1) is 6.04 Å². The lowest BCUT2D eigenvalue weighted by molar-refractivity contribution is 0.435. The van der Waals surface area contributed by atoms with Gasteiger partial charge < -0.3 is 5.32 Å². The summed E-state index contributed by atoms with van der Waals surface area (Å²) in [5.74, 6) is -3.77. The highest BCUT2D eigenvalue weighted by atomic mass is 32.1. The number of thiophene rings is 1. The molecule has 1 atom stereocenters. The molecule has 21 heavy (non-hydrogen) atoms. The second-order valence-corrected chi connectivity index (χ2v) is 5.58. The maximum Gasteiger partial charge on any atom is 0.194 e. The molecule has 0 aliphatic heterocycles. The molecule has 0 aliphatic rings. The summed E-state index contributed by atoms with van der Waals surface area (Å²) < 4.78 is 41.7. The fourth-order valence-electron chi connectivity index (χ4n) is 2.46. The molecule has 0 fully saturated rings. The zero-order valence-corrected chi connectivity index (χ0v) is 12.0. The SMILES string of the molecule is CNC(c1ccc(F)c(F)c1F)c1csc2ccccc12. The second kappa shape index (κ2) is 5.50. The molecule has 2 aromatic carbocycles. The first kappa shape index (κ1) is 14.1. The van der Waals surface area contributed by atoms with E-state index in [-0.39, 0.29) is 5.56 Å². The normalized spacial score (nSPS) is 12.8. The van der Waals surface area contributed by atoms with Crippen LogP contribution in [-0.2, 0) is 0 Å². The lowest BCUT2D eigenvalue weighted by atomic mass is 9.97. The third-order valence-electron chi connectivity index (χ3n) is 3.49. The number of halogens is 3. The van der Waals surface area contributed by atoms with Crippen LogP contribution in [0.25, 0.3) is 10.1 Å². The third-order valence-corrected chi connectivity index (χ3v) is 4.47. The summed E-state index contributed by atoms with van der Waals surface area (Å²) >= 11 is 1.54. The van der Waals surface area contributed by atoms with Gasteiger partial charge in [0.1, 0.15) is 0 Å². The molecular formula is C16H12F3NS. The van der Waals surface area contributed by atoms with Crippen LogP contribution in [0.5, 0.6) is 0 Å². The Hall–Kier alpha value is -1.85. The van der Waals surface area contributed by atoms with Gasteiger partial charge in [-0.25, -0.2) is 13.2 Å². The Morgan fingerprint density at radius 2 is 1.71 bits per heavy atom. The fraction of sp³-hybridized carbons (Fsp3) is 0.125. The Morgan fingerprint density at radius 3 is 2.48 bits per heavy atom. The van der Waals surface area contributed by atoms with Gasteiger partial charge in [-0.1, -0.05) is 24.3 Å². The van der Waals surface area contributed by atoms with E-state index in [1.807, 2.05) is 29.6 Å². The Bertz CT molecular complexity index is 797. The van der Waals surface area contributed by atoms with Gasteiger partial charge in [-0.15, -0.1) is 11.3 Å². The summed E-state index contributed by atoms with van der Waals surface area (Å²) in [6.07, 6.45) is 0. The predicted molar refractivity (Wildman–Crippen MR) is 79.0 cm³/mol. The first-order chi connectivity index (χ1) is 10.1. The van der Waals surface area contributed by atoms with E-state index in [0.717, 1.165) is 21.7 Å². The van der Waals surface area contributed by atoms with Gasteiger partial charge in [-0.2, -0.15) is 0 Å². The molecule has 1 unspecified atom stereocenters. The van der Waals surface area contributed by atoms with E-state index in [0.29, 0.717) is 0 Å². The maximum absolute atomic E-state index is 14.0. The number of fused-ring (bicyclic) bond motifs is 1. The summed E-state index contributed by atoms with van der Waals surface area (Å²) in [5, 5.41) is 5.86. The van der Waals surface area contributed by atoms with Crippen LogP contribution in [0.15, 0.2) is 41.8 Å². The van der Waals surface area contributed by atoms with Crippen molar-refractivity contribution in [3.63, 3.8) is 0 Å². The van der Waals surface area contributed by atoms with Crippen LogP contribution >= 0.6 is 11.3 Å². The van der Waals surface area contributed by atoms with Crippen molar-refractivity contribution < 1.29 is 13.2 Å². The third kappa shape index (κ3) is 2.32. The van der Waals surface area contributed by atoms with E-state index in [1.165, 1.54) is 17.4 Å². The minimum absolute atomic E-state index is 0.0972. The molecule has 3 rings (SSSR count). The van der Waals surface area contributed by atoms with Gasteiger partial charge >= 0.3 is 0 Å². The molecule has 0 saturated heterocycles. The molecule has 0 bridgehead atoms. The minimum atomic E-state index is -1.44. The molecule has 0 radical (unpaired) electrons. The average molecular weight is 307 g/mol. The highest BCUT2D eigenvalue weighted by Crippen LogP contribution is 2.34. The molecule has 5 heteroatoms. The van der Waals surface area contributed by atoms with E-state index >= 15 is 0 Å². The van der Waals surface area contributed by atoms with Crippen LogP contribution in [0, 0.1) is 17.5 Å². The number of rotatable bonds is 3. The summed E-state index contributed by atoms with van der Waals surface area (Å²) in [4.78, 5) is 0. The zero-order chi connectivity index (χ0) is 15.0. The molecule has 1 aromatic heterocycles. The molecule has 1 nitrogen and oxygen atoms in total. The number of hydrogen-bond donors (Lipinski definition) is 1. The maximum atomic E-state index is 14.0. The van der Waals surface area contributed by atoms with Gasteiger partial charge in [0, 0.05) is 10.3 Å². The van der Waals surface area contributed by atoms with Crippen molar-refractivity contribution >= 4 is 21.4 Å². The van der Waals surface area contributed by atoms with Crippen LogP contribution in [0.4, 0.5) is 13.2 Å². The molecule has 0 aliphatic carbocycles. The van der Waals surface area contributed by atoms with Crippen molar-refractivity contribution in [2.75, 3.05) is 7.05 Å². The van der Waals surface area contributed by atoms with E-state index in [9.17, 15) is 13.2 Å². The van der Waals surface area contributed by atoms with Crippen molar-refractivity contribution in [2.24, 2.45) is 0 Å². The number of nitrogens with one attached hydrogen (secondary N) is 1. The van der Waals surface area contributed by atoms with Crippen molar-refractivity contribution in [3.8, 4) is 0 Å². The molecule has 0 spiro atoms. The van der Waals surface area contributed by atoms with Crippen LogP contribution in [-0.4, -0.2) is 7.05 Å². The first-order valence-electron chi connectivity index (χ1n) is 6.40. The van der Waals surface area contributed by atoms with Gasteiger partial charge in [0.15, 0.2) is 17.5 Å². The number of benzene rings is 2. The Morgan fingerprint density at radius 1 is 0.952 bits per heavy atom. The molecule has 108 valence electrons. The predicted octanol–water partition coefficient (Wildman–Crippen LogP) is 4.63. The van der Waals surface area contributed by atoms with Gasteiger partial charge in [0.2, 0.25) is 0 Å². The second-order valence-electron chi connectivity index (χ2n) is 4.67. The van der Waals surface area contributed by atoms with E-state index in [2.05, 4.69) is 5.32 Å². The smallest absolute Gasteiger partial charge is 0.194 e.